The molecule has 0 saturated carbocycles. The minimum absolute atomic E-state index is 0.196. The van der Waals surface area contributed by atoms with Crippen molar-refractivity contribution in [2.45, 2.75) is 72.2 Å². The second-order valence-corrected chi connectivity index (χ2v) is 7.32. The highest BCUT2D eigenvalue weighted by atomic mass is 16.6. The summed E-state index contributed by atoms with van der Waals surface area (Å²) in [5, 5.41) is 0. The number of ether oxygens (including phenoxy) is 3. The van der Waals surface area contributed by atoms with E-state index in [0.717, 1.165) is 0 Å². The highest BCUT2D eigenvalue weighted by Gasteiger charge is 2.47. The molecule has 0 aliphatic heterocycles. The molecule has 0 N–H and O–H groups in total. The van der Waals surface area contributed by atoms with Gasteiger partial charge < -0.3 is 14.2 Å². The molecule has 0 atom stereocenters. The Bertz CT molecular complexity index is 369. The second-order valence-electron chi connectivity index (χ2n) is 7.32. The zero-order valence-corrected chi connectivity index (χ0v) is 14.1. The van der Waals surface area contributed by atoms with E-state index in [1.165, 1.54) is 13.8 Å². The zero-order chi connectivity index (χ0) is 17.1. The van der Waals surface area contributed by atoms with Gasteiger partial charge >= 0.3 is 11.9 Å². The highest BCUT2D eigenvalue weighted by Crippen LogP contribution is 2.27. The van der Waals surface area contributed by atoms with E-state index in [-0.39, 0.29) is 6.47 Å². The summed E-state index contributed by atoms with van der Waals surface area (Å²) < 4.78 is 15.3. The Kier molecular flexibility index (Phi) is 5.96. The summed E-state index contributed by atoms with van der Waals surface area (Å²) >= 11 is 0. The monoisotopic (exact) mass is 302 g/mol. The Labute approximate surface area is 126 Å². The van der Waals surface area contributed by atoms with E-state index in [2.05, 4.69) is 0 Å². The molecule has 0 saturated heterocycles. The minimum Gasteiger partial charge on any atom is -0.460 e. The molecule has 0 aliphatic carbocycles. The van der Waals surface area contributed by atoms with E-state index < -0.39 is 34.7 Å². The lowest BCUT2D eigenvalue weighted by Gasteiger charge is -2.33. The third-order valence-electron chi connectivity index (χ3n) is 2.33. The predicted molar refractivity (Wildman–Crippen MR) is 76.4 cm³/mol. The van der Waals surface area contributed by atoms with Gasteiger partial charge in [0.25, 0.3) is 6.47 Å². The number of rotatable bonds is 5. The van der Waals surface area contributed by atoms with Crippen LogP contribution in [-0.4, -0.2) is 35.2 Å². The topological polar surface area (TPSA) is 78.9 Å². The molecule has 21 heavy (non-hydrogen) atoms. The summed E-state index contributed by atoms with van der Waals surface area (Å²) in [7, 11) is 0. The summed E-state index contributed by atoms with van der Waals surface area (Å²) in [6.07, 6.45) is 0. The van der Waals surface area contributed by atoms with E-state index >= 15 is 0 Å². The van der Waals surface area contributed by atoms with Crippen LogP contribution in [0, 0.1) is 5.92 Å². The Morgan fingerprint density at radius 1 is 0.810 bits per heavy atom. The largest absolute Gasteiger partial charge is 0.460 e. The molecule has 0 amide bonds. The van der Waals surface area contributed by atoms with Crippen LogP contribution in [0.2, 0.25) is 0 Å². The third-order valence-corrected chi connectivity index (χ3v) is 2.33. The molecule has 122 valence electrons. The van der Waals surface area contributed by atoms with Crippen molar-refractivity contribution in [2.24, 2.45) is 5.92 Å². The first kappa shape index (κ1) is 19.4. The lowest BCUT2D eigenvalue weighted by molar-refractivity contribution is -0.188. The number of carbonyl (C=O) groups is 3. The first-order chi connectivity index (χ1) is 9.19. The van der Waals surface area contributed by atoms with Crippen LogP contribution in [0.4, 0.5) is 0 Å². The summed E-state index contributed by atoms with van der Waals surface area (Å²) in [4.78, 5) is 35.2. The Hall–Kier alpha value is -1.59. The van der Waals surface area contributed by atoms with Crippen molar-refractivity contribution in [1.82, 2.24) is 0 Å². The number of hydrogen-bond donors (Lipinski definition) is 0. The van der Waals surface area contributed by atoms with Crippen LogP contribution >= 0.6 is 0 Å². The molecular formula is C15H26O6. The van der Waals surface area contributed by atoms with E-state index in [4.69, 9.17) is 14.2 Å². The SMILES string of the molecule is CC(C)(C)OC(=O)C(C(=O)OC(C)(C)C)C(C)(C)OC=O. The normalized spacial score (nSPS) is 12.8. The van der Waals surface area contributed by atoms with Crippen molar-refractivity contribution < 1.29 is 28.6 Å². The third kappa shape index (κ3) is 7.11. The van der Waals surface area contributed by atoms with Crippen molar-refractivity contribution in [3.05, 3.63) is 0 Å². The fourth-order valence-corrected chi connectivity index (χ4v) is 1.58. The maximum Gasteiger partial charge on any atom is 0.325 e. The van der Waals surface area contributed by atoms with Gasteiger partial charge in [-0.15, -0.1) is 0 Å². The van der Waals surface area contributed by atoms with Crippen molar-refractivity contribution >= 4 is 18.4 Å². The van der Waals surface area contributed by atoms with Gasteiger partial charge in [0.2, 0.25) is 0 Å². The molecule has 0 radical (unpaired) electrons. The second kappa shape index (κ2) is 6.45. The predicted octanol–water partition coefficient (Wildman–Crippen LogP) is 2.24. The van der Waals surface area contributed by atoms with Gasteiger partial charge in [-0.25, -0.2) is 0 Å². The van der Waals surface area contributed by atoms with Crippen LogP contribution in [0.25, 0.3) is 0 Å². The van der Waals surface area contributed by atoms with Crippen molar-refractivity contribution in [3.63, 3.8) is 0 Å². The Balaban J connectivity index is 5.43. The number of carbonyl (C=O) groups excluding carboxylic acids is 3. The minimum atomic E-state index is -1.37. The summed E-state index contributed by atoms with van der Waals surface area (Å²) in [6, 6.07) is 0. The summed E-state index contributed by atoms with van der Waals surface area (Å²) in [5.41, 5.74) is -2.91. The summed E-state index contributed by atoms with van der Waals surface area (Å²) in [5.74, 6) is -2.94. The smallest absolute Gasteiger partial charge is 0.325 e. The van der Waals surface area contributed by atoms with Crippen molar-refractivity contribution in [2.75, 3.05) is 0 Å². The van der Waals surface area contributed by atoms with Crippen LogP contribution in [-0.2, 0) is 28.6 Å². The van der Waals surface area contributed by atoms with Gasteiger partial charge in [0.05, 0.1) is 0 Å². The molecule has 0 aromatic rings. The molecule has 0 aliphatic rings. The molecule has 6 nitrogen and oxygen atoms in total. The van der Waals surface area contributed by atoms with Gasteiger partial charge in [-0.2, -0.15) is 0 Å². The summed E-state index contributed by atoms with van der Waals surface area (Å²) in [6.45, 7) is 13.2. The van der Waals surface area contributed by atoms with Gasteiger partial charge in [-0.3, -0.25) is 14.4 Å². The Morgan fingerprint density at radius 2 is 1.14 bits per heavy atom. The van der Waals surface area contributed by atoms with Gasteiger partial charge in [-0.05, 0) is 55.4 Å². The zero-order valence-electron chi connectivity index (χ0n) is 14.1. The van der Waals surface area contributed by atoms with Crippen molar-refractivity contribution in [1.29, 1.82) is 0 Å². The lowest BCUT2D eigenvalue weighted by atomic mass is 9.90. The molecule has 0 aromatic carbocycles. The highest BCUT2D eigenvalue weighted by molar-refractivity contribution is 5.96. The fraction of sp³-hybridized carbons (Fsp3) is 0.800. The van der Waals surface area contributed by atoms with Crippen LogP contribution in [0.15, 0.2) is 0 Å². The van der Waals surface area contributed by atoms with E-state index in [9.17, 15) is 14.4 Å². The quantitative estimate of drug-likeness (QED) is 0.335. The molecule has 0 rings (SSSR count). The van der Waals surface area contributed by atoms with Crippen LogP contribution in [0.3, 0.4) is 0 Å². The van der Waals surface area contributed by atoms with Gasteiger partial charge in [0, 0.05) is 0 Å². The van der Waals surface area contributed by atoms with E-state index in [0.29, 0.717) is 0 Å². The van der Waals surface area contributed by atoms with Crippen LogP contribution < -0.4 is 0 Å². The Morgan fingerprint density at radius 3 is 1.38 bits per heavy atom. The standard InChI is InChI=1S/C15H26O6/c1-13(2,3)20-11(17)10(15(7,8)19-9-16)12(18)21-14(4,5)6/h9-10H,1-8H3. The maximum atomic E-state index is 12.3. The molecule has 0 fully saturated rings. The van der Waals surface area contributed by atoms with Crippen LogP contribution in [0.1, 0.15) is 55.4 Å². The van der Waals surface area contributed by atoms with E-state index in [1.54, 1.807) is 41.5 Å². The average molecular weight is 302 g/mol. The van der Waals surface area contributed by atoms with Gasteiger partial charge in [0.15, 0.2) is 5.92 Å². The maximum absolute atomic E-state index is 12.3. The molecule has 0 bridgehead atoms. The average Bonchev–Trinajstić information content (AvgIpc) is 2.09. The first-order valence-corrected chi connectivity index (χ1v) is 6.77. The molecule has 0 heterocycles. The molecule has 0 aromatic heterocycles. The fourth-order valence-electron chi connectivity index (χ4n) is 1.58. The van der Waals surface area contributed by atoms with Gasteiger partial charge in [0.1, 0.15) is 16.8 Å². The number of hydrogen-bond acceptors (Lipinski definition) is 6. The molecule has 0 unspecified atom stereocenters. The van der Waals surface area contributed by atoms with Crippen molar-refractivity contribution in [3.8, 4) is 0 Å². The number of esters is 2. The first-order valence-electron chi connectivity index (χ1n) is 6.77. The lowest BCUT2D eigenvalue weighted by Crippen LogP contribution is -2.48. The van der Waals surface area contributed by atoms with E-state index in [1.807, 2.05) is 0 Å². The van der Waals surface area contributed by atoms with Gasteiger partial charge in [-0.1, -0.05) is 0 Å². The molecule has 0 spiro atoms. The molecule has 6 heteroatoms. The molecular weight excluding hydrogens is 276 g/mol. The van der Waals surface area contributed by atoms with Crippen LogP contribution in [0.5, 0.6) is 0 Å².